The van der Waals surface area contributed by atoms with E-state index in [0.717, 1.165) is 53.1 Å². The second-order valence-electron chi connectivity index (χ2n) is 13.5. The number of ketones is 1. The van der Waals surface area contributed by atoms with E-state index >= 15 is 0 Å². The van der Waals surface area contributed by atoms with Crippen molar-refractivity contribution in [2.24, 2.45) is 52.8 Å². The van der Waals surface area contributed by atoms with Crippen molar-refractivity contribution < 1.29 is 19.4 Å². The van der Waals surface area contributed by atoms with E-state index in [1.807, 2.05) is 25.1 Å². The number of pyridine rings is 1. The predicted molar refractivity (Wildman–Crippen MR) is 137 cm³/mol. The number of fused-ring (bicyclic) bond motifs is 8. The Morgan fingerprint density at radius 1 is 1.06 bits per heavy atom. The molecule has 5 aliphatic rings. The summed E-state index contributed by atoms with van der Waals surface area (Å²) in [4.78, 5) is 13.7. The third-order valence-corrected chi connectivity index (χ3v) is 11.5. The first-order chi connectivity index (χ1) is 17.2. The van der Waals surface area contributed by atoms with E-state index < -0.39 is 5.60 Å². The van der Waals surface area contributed by atoms with Gasteiger partial charge in [0.25, 0.3) is 0 Å². The summed E-state index contributed by atoms with van der Waals surface area (Å²) in [6.07, 6.45) is 10.8. The summed E-state index contributed by atoms with van der Waals surface area (Å²) in [5, 5.41) is 23.7. The molecule has 7 rings (SSSR count). The minimum Gasteiger partial charge on any atom is -0.618 e. The molecule has 0 spiro atoms. The molecular formula is C31H39NO4. The number of aliphatic hydroxyl groups is 1. The van der Waals surface area contributed by atoms with Gasteiger partial charge in [-0.15, -0.1) is 0 Å². The summed E-state index contributed by atoms with van der Waals surface area (Å²) in [5.41, 5.74) is 0.197. The summed E-state index contributed by atoms with van der Waals surface area (Å²) in [6.45, 7) is 4.56. The maximum Gasteiger partial charge on any atom is 0.227 e. The van der Waals surface area contributed by atoms with Crippen LogP contribution in [0.3, 0.4) is 0 Å². The van der Waals surface area contributed by atoms with Crippen LogP contribution in [0, 0.1) is 58.0 Å². The van der Waals surface area contributed by atoms with Gasteiger partial charge in [0.2, 0.25) is 5.52 Å². The second kappa shape index (κ2) is 7.93. The highest BCUT2D eigenvalue weighted by molar-refractivity contribution is 5.85. The van der Waals surface area contributed by atoms with Gasteiger partial charge in [-0.1, -0.05) is 6.92 Å². The van der Waals surface area contributed by atoms with E-state index in [0.29, 0.717) is 29.0 Å². The zero-order valence-electron chi connectivity index (χ0n) is 21.6. The average molecular weight is 490 g/mol. The van der Waals surface area contributed by atoms with Crippen LogP contribution in [-0.2, 0) is 4.79 Å². The van der Waals surface area contributed by atoms with Gasteiger partial charge in [-0.2, -0.15) is 4.73 Å². The van der Waals surface area contributed by atoms with Crippen LogP contribution in [-0.4, -0.2) is 23.1 Å². The van der Waals surface area contributed by atoms with Crippen molar-refractivity contribution in [3.05, 3.63) is 41.7 Å². The Balaban J connectivity index is 1.07. The molecule has 36 heavy (non-hydrogen) atoms. The number of aromatic nitrogens is 1. The van der Waals surface area contributed by atoms with Gasteiger partial charge in [0.15, 0.2) is 12.0 Å². The van der Waals surface area contributed by atoms with Crippen molar-refractivity contribution in [3.8, 4) is 5.75 Å². The third kappa shape index (κ3) is 3.44. The molecule has 1 N–H and O–H groups in total. The Bertz CT molecular complexity index is 1210. The fourth-order valence-electron chi connectivity index (χ4n) is 10.1. The standard InChI is InChI=1S/C31H39NO4/c1-30(34)11-9-21-19(16-30)6-8-23-22(21)10-12-31(2)28(23)24-15-25(24)29(31)27(33)17-36-20-7-5-18-4-3-13-32(35)26(18)14-20/h3-5,7,13-14,19,21-25,28-29,34H,6,8-12,15-17H2,1-2H3/t19-,21+,22-,23-,24-,25+,28-,29-,30-,31+/m1/s1. The smallest absolute Gasteiger partial charge is 0.227 e. The first-order valence-electron chi connectivity index (χ1n) is 14.2. The molecule has 5 heteroatoms. The molecule has 0 saturated heterocycles. The highest BCUT2D eigenvalue weighted by Gasteiger charge is 2.70. The highest BCUT2D eigenvalue weighted by Crippen LogP contribution is 2.74. The second-order valence-corrected chi connectivity index (χ2v) is 13.5. The summed E-state index contributed by atoms with van der Waals surface area (Å²) >= 11 is 0. The third-order valence-electron chi connectivity index (χ3n) is 11.5. The van der Waals surface area contributed by atoms with Gasteiger partial charge in [0, 0.05) is 17.4 Å². The van der Waals surface area contributed by atoms with Crippen molar-refractivity contribution in [1.29, 1.82) is 0 Å². The Morgan fingerprint density at radius 2 is 1.89 bits per heavy atom. The quantitative estimate of drug-likeness (QED) is 0.467. The molecule has 0 amide bonds. The molecule has 5 aliphatic carbocycles. The molecule has 2 aromatic rings. The van der Waals surface area contributed by atoms with E-state index in [1.165, 1.54) is 38.3 Å². The Kier molecular flexibility index (Phi) is 5.07. The van der Waals surface area contributed by atoms with Crippen molar-refractivity contribution in [2.75, 3.05) is 6.61 Å². The lowest BCUT2D eigenvalue weighted by Gasteiger charge is -2.57. The Morgan fingerprint density at radius 3 is 2.75 bits per heavy atom. The molecule has 5 fully saturated rings. The van der Waals surface area contributed by atoms with Crippen LogP contribution in [0.25, 0.3) is 10.9 Å². The summed E-state index contributed by atoms with van der Waals surface area (Å²) < 4.78 is 6.86. The fourth-order valence-corrected chi connectivity index (χ4v) is 10.1. The van der Waals surface area contributed by atoms with Crippen LogP contribution in [0.5, 0.6) is 5.75 Å². The van der Waals surface area contributed by atoms with Crippen LogP contribution >= 0.6 is 0 Å². The summed E-state index contributed by atoms with van der Waals surface area (Å²) in [7, 11) is 0. The molecule has 10 atom stereocenters. The number of hydrogen-bond donors (Lipinski definition) is 1. The van der Waals surface area contributed by atoms with E-state index in [9.17, 15) is 15.1 Å². The Labute approximate surface area is 213 Å². The maximum absolute atomic E-state index is 13.7. The van der Waals surface area contributed by atoms with Crippen LogP contribution in [0.1, 0.15) is 65.2 Å². The molecule has 0 radical (unpaired) electrons. The average Bonchev–Trinajstić information content (AvgIpc) is 3.55. The first kappa shape index (κ1) is 23.0. The van der Waals surface area contributed by atoms with Gasteiger partial charge in [0.1, 0.15) is 12.4 Å². The first-order valence-corrected chi connectivity index (χ1v) is 14.2. The summed E-state index contributed by atoms with van der Waals surface area (Å²) in [6, 6.07) is 9.14. The van der Waals surface area contributed by atoms with Crippen molar-refractivity contribution in [1.82, 2.24) is 0 Å². The minimum atomic E-state index is -0.470. The molecule has 1 aromatic carbocycles. The largest absolute Gasteiger partial charge is 0.618 e. The lowest BCUT2D eigenvalue weighted by molar-refractivity contribution is -0.577. The molecule has 5 saturated carbocycles. The van der Waals surface area contributed by atoms with Crippen LogP contribution in [0.4, 0.5) is 0 Å². The molecule has 192 valence electrons. The number of carbonyl (C=O) groups is 1. The predicted octanol–water partition coefficient (Wildman–Crippen LogP) is 5.30. The van der Waals surface area contributed by atoms with Gasteiger partial charge >= 0.3 is 0 Å². The number of ether oxygens (including phenoxy) is 1. The molecule has 0 unspecified atom stereocenters. The van der Waals surface area contributed by atoms with E-state index in [1.54, 1.807) is 12.1 Å². The lowest BCUT2D eigenvalue weighted by Crippen LogP contribution is -2.52. The topological polar surface area (TPSA) is 73.5 Å². The minimum absolute atomic E-state index is 0.0985. The Hall–Kier alpha value is -2.14. The maximum atomic E-state index is 13.7. The van der Waals surface area contributed by atoms with Crippen molar-refractivity contribution in [3.63, 3.8) is 0 Å². The van der Waals surface area contributed by atoms with E-state index in [-0.39, 0.29) is 23.7 Å². The van der Waals surface area contributed by atoms with Gasteiger partial charge in [0.05, 0.1) is 11.7 Å². The monoisotopic (exact) mass is 489 g/mol. The van der Waals surface area contributed by atoms with Gasteiger partial charge in [-0.05, 0) is 123 Å². The normalized spacial score (nSPS) is 44.8. The van der Waals surface area contributed by atoms with Crippen molar-refractivity contribution >= 4 is 16.7 Å². The summed E-state index contributed by atoms with van der Waals surface area (Å²) in [5.74, 6) is 5.93. The van der Waals surface area contributed by atoms with Gasteiger partial charge in [-0.25, -0.2) is 0 Å². The van der Waals surface area contributed by atoms with Gasteiger partial charge in [-0.3, -0.25) is 4.79 Å². The molecule has 0 bridgehead atoms. The van der Waals surface area contributed by atoms with Crippen LogP contribution in [0.2, 0.25) is 0 Å². The molecule has 1 aromatic heterocycles. The highest BCUT2D eigenvalue weighted by atomic mass is 16.5. The zero-order valence-corrected chi connectivity index (χ0v) is 21.6. The number of hydrogen-bond acceptors (Lipinski definition) is 4. The molecular weight excluding hydrogens is 450 g/mol. The van der Waals surface area contributed by atoms with E-state index in [4.69, 9.17) is 4.74 Å². The number of Topliss-reactive ketones (excluding diaryl/α,β-unsaturated/α-hetero) is 1. The number of benzene rings is 1. The zero-order chi connectivity index (χ0) is 24.8. The molecule has 1 heterocycles. The van der Waals surface area contributed by atoms with Crippen molar-refractivity contribution in [2.45, 2.75) is 70.8 Å². The number of carbonyl (C=O) groups excluding carboxylic acids is 1. The lowest BCUT2D eigenvalue weighted by atomic mass is 9.48. The number of rotatable bonds is 4. The fraction of sp³-hybridized carbons (Fsp3) is 0.677. The van der Waals surface area contributed by atoms with E-state index in [2.05, 4.69) is 6.92 Å². The van der Waals surface area contributed by atoms with Crippen LogP contribution < -0.4 is 9.47 Å². The number of nitrogens with zero attached hydrogens (tertiary/aromatic N) is 1. The van der Waals surface area contributed by atoms with Gasteiger partial charge < -0.3 is 15.1 Å². The van der Waals surface area contributed by atoms with Crippen LogP contribution in [0.15, 0.2) is 36.5 Å². The SMILES string of the molecule is C[C@@]1(O)CC[C@H]2[C@H](CC[C@@H]3[C@@H]2CC[C@@]2(C)[C@H]3[C@@H]3C[C@@H]3[C@@H]2C(=O)COc2ccc3ccc[n+]([O-])c3c2)C1. The molecule has 0 aliphatic heterocycles. The molecule has 5 nitrogen and oxygen atoms in total.